The summed E-state index contributed by atoms with van der Waals surface area (Å²) in [5.41, 5.74) is 1.50. The summed E-state index contributed by atoms with van der Waals surface area (Å²) in [7, 11) is 0. The number of Topliss-reactive ketones (excluding diaryl/α,β-unsaturated/α-hetero) is 1. The van der Waals surface area contributed by atoms with Crippen LogP contribution in [-0.4, -0.2) is 25.7 Å². The Bertz CT molecular complexity index is 886. The summed E-state index contributed by atoms with van der Waals surface area (Å²) in [6, 6.07) is 1.98. The van der Waals surface area contributed by atoms with Crippen LogP contribution in [-0.2, 0) is 0 Å². The van der Waals surface area contributed by atoms with Gasteiger partial charge in [0.1, 0.15) is 29.2 Å². The van der Waals surface area contributed by atoms with Crippen LogP contribution in [0.4, 0.5) is 11.7 Å². The van der Waals surface area contributed by atoms with Crippen LogP contribution in [0.1, 0.15) is 28.6 Å². The molecule has 0 radical (unpaired) electrons. The number of H-pyrrole nitrogens is 1. The number of rotatable bonds is 3. The molecule has 21 heavy (non-hydrogen) atoms. The highest BCUT2D eigenvalue weighted by molar-refractivity contribution is 5.99. The first kappa shape index (κ1) is 12.8. The van der Waals surface area contributed by atoms with Gasteiger partial charge in [0.05, 0.1) is 11.9 Å². The summed E-state index contributed by atoms with van der Waals surface area (Å²) in [5.74, 6) is 0.749. The van der Waals surface area contributed by atoms with Crippen molar-refractivity contribution in [1.29, 1.82) is 5.26 Å². The molecule has 0 aliphatic rings. The molecule has 3 aromatic rings. The standard InChI is InChI=1S/C13H10N6O2/c1-6(20)9-7(2)21-13(8(9)3-14)19-12-10-11(16-4-15-10)17-5-18-12/h4-5H,1-2H3,(H2,15,16,17,18,19). The highest BCUT2D eigenvalue weighted by Crippen LogP contribution is 2.30. The minimum Gasteiger partial charge on any atom is -0.443 e. The Balaban J connectivity index is 2.11. The number of hydrogen-bond acceptors (Lipinski definition) is 7. The second kappa shape index (κ2) is 4.72. The zero-order valence-electron chi connectivity index (χ0n) is 11.3. The Morgan fingerprint density at radius 2 is 2.24 bits per heavy atom. The quantitative estimate of drug-likeness (QED) is 0.705. The largest absolute Gasteiger partial charge is 0.443 e. The number of carbonyl (C=O) groups is 1. The van der Waals surface area contributed by atoms with E-state index in [-0.39, 0.29) is 22.8 Å². The Kier molecular flexibility index (Phi) is 2.88. The molecule has 0 saturated heterocycles. The van der Waals surface area contributed by atoms with Gasteiger partial charge in [-0.3, -0.25) is 4.79 Å². The van der Waals surface area contributed by atoms with Gasteiger partial charge in [0.15, 0.2) is 17.2 Å². The molecule has 0 atom stereocenters. The van der Waals surface area contributed by atoms with Crippen molar-refractivity contribution in [3.8, 4) is 6.07 Å². The van der Waals surface area contributed by atoms with Crippen molar-refractivity contribution in [2.24, 2.45) is 0 Å². The Hall–Kier alpha value is -3.21. The van der Waals surface area contributed by atoms with Crippen molar-refractivity contribution >= 4 is 28.6 Å². The number of nitrogens with zero attached hydrogens (tertiary/aromatic N) is 4. The van der Waals surface area contributed by atoms with Crippen LogP contribution in [0.15, 0.2) is 17.1 Å². The predicted octanol–water partition coefficient (Wildman–Crippen LogP) is 2.07. The molecule has 0 aliphatic carbocycles. The normalized spacial score (nSPS) is 10.5. The average Bonchev–Trinajstić information content (AvgIpc) is 3.03. The van der Waals surface area contributed by atoms with E-state index in [9.17, 15) is 10.1 Å². The molecule has 0 bridgehead atoms. The summed E-state index contributed by atoms with van der Waals surface area (Å²) in [6.07, 6.45) is 2.84. The van der Waals surface area contributed by atoms with E-state index in [4.69, 9.17) is 4.42 Å². The zero-order chi connectivity index (χ0) is 15.0. The minimum atomic E-state index is -0.227. The lowest BCUT2D eigenvalue weighted by atomic mass is 10.1. The third-order valence-corrected chi connectivity index (χ3v) is 3.00. The van der Waals surface area contributed by atoms with Crippen LogP contribution in [0, 0.1) is 18.3 Å². The number of hydrogen-bond donors (Lipinski definition) is 2. The third kappa shape index (κ3) is 2.01. The van der Waals surface area contributed by atoms with Gasteiger partial charge in [0.2, 0.25) is 5.88 Å². The molecule has 104 valence electrons. The van der Waals surface area contributed by atoms with Crippen molar-refractivity contribution in [1.82, 2.24) is 19.9 Å². The zero-order valence-corrected chi connectivity index (χ0v) is 11.3. The van der Waals surface area contributed by atoms with E-state index >= 15 is 0 Å². The van der Waals surface area contributed by atoms with Gasteiger partial charge in [-0.25, -0.2) is 15.0 Å². The number of furan rings is 1. The highest BCUT2D eigenvalue weighted by Gasteiger charge is 2.22. The second-order valence-electron chi connectivity index (χ2n) is 4.35. The van der Waals surface area contributed by atoms with E-state index in [0.717, 1.165) is 0 Å². The molecule has 3 heterocycles. The number of aryl methyl sites for hydroxylation is 1. The number of nitrogens with one attached hydrogen (secondary N) is 2. The molecule has 3 aromatic heterocycles. The number of aromatic amines is 1. The lowest BCUT2D eigenvalue weighted by molar-refractivity contribution is 0.101. The summed E-state index contributed by atoms with van der Waals surface area (Å²) in [5, 5.41) is 12.2. The molecular formula is C13H10N6O2. The van der Waals surface area contributed by atoms with E-state index in [0.29, 0.717) is 22.7 Å². The van der Waals surface area contributed by atoms with Crippen molar-refractivity contribution in [2.75, 3.05) is 5.32 Å². The molecule has 8 heteroatoms. The lowest BCUT2D eigenvalue weighted by Gasteiger charge is -2.02. The molecule has 8 nitrogen and oxygen atoms in total. The summed E-state index contributed by atoms with van der Waals surface area (Å²) in [6.45, 7) is 3.02. The van der Waals surface area contributed by atoms with Crippen molar-refractivity contribution in [3.05, 3.63) is 29.5 Å². The fourth-order valence-corrected chi connectivity index (χ4v) is 2.13. The monoisotopic (exact) mass is 282 g/mol. The van der Waals surface area contributed by atoms with Crippen LogP contribution in [0.3, 0.4) is 0 Å². The third-order valence-electron chi connectivity index (χ3n) is 3.00. The second-order valence-corrected chi connectivity index (χ2v) is 4.35. The van der Waals surface area contributed by atoms with Crippen LogP contribution in [0.25, 0.3) is 11.2 Å². The molecule has 3 rings (SSSR count). The van der Waals surface area contributed by atoms with Gasteiger partial charge in [-0.05, 0) is 13.8 Å². The van der Waals surface area contributed by atoms with Crippen LogP contribution >= 0.6 is 0 Å². The molecule has 0 spiro atoms. The van der Waals surface area contributed by atoms with Gasteiger partial charge >= 0.3 is 0 Å². The first-order valence-electron chi connectivity index (χ1n) is 6.07. The first-order valence-corrected chi connectivity index (χ1v) is 6.07. The molecule has 0 fully saturated rings. The van der Waals surface area contributed by atoms with Gasteiger partial charge in [0.25, 0.3) is 0 Å². The number of carbonyl (C=O) groups excluding carboxylic acids is 1. The highest BCUT2D eigenvalue weighted by atomic mass is 16.4. The maximum absolute atomic E-state index is 11.6. The van der Waals surface area contributed by atoms with E-state index in [1.54, 1.807) is 6.92 Å². The van der Waals surface area contributed by atoms with Gasteiger partial charge in [-0.2, -0.15) is 5.26 Å². The smallest absolute Gasteiger partial charge is 0.217 e. The van der Waals surface area contributed by atoms with Gasteiger partial charge in [-0.15, -0.1) is 0 Å². The van der Waals surface area contributed by atoms with Crippen LogP contribution < -0.4 is 5.32 Å². The molecule has 0 amide bonds. The maximum atomic E-state index is 11.6. The number of ketones is 1. The summed E-state index contributed by atoms with van der Waals surface area (Å²) in [4.78, 5) is 26.6. The number of fused-ring (bicyclic) bond motifs is 1. The molecule has 2 N–H and O–H groups in total. The number of imidazole rings is 1. The van der Waals surface area contributed by atoms with Crippen molar-refractivity contribution in [2.45, 2.75) is 13.8 Å². The lowest BCUT2D eigenvalue weighted by Crippen LogP contribution is -1.99. The predicted molar refractivity (Wildman–Crippen MR) is 73.1 cm³/mol. The van der Waals surface area contributed by atoms with Gasteiger partial charge < -0.3 is 14.7 Å². The van der Waals surface area contributed by atoms with Crippen molar-refractivity contribution in [3.63, 3.8) is 0 Å². The molecule has 0 aromatic carbocycles. The fourth-order valence-electron chi connectivity index (χ4n) is 2.13. The number of aromatic nitrogens is 4. The maximum Gasteiger partial charge on any atom is 0.217 e. The fraction of sp³-hybridized carbons (Fsp3) is 0.154. The Morgan fingerprint density at radius 1 is 1.43 bits per heavy atom. The SMILES string of the molecule is CC(=O)c1c(C)oc(Nc2ncnc3nc[nH]c23)c1C#N. The van der Waals surface area contributed by atoms with E-state index in [1.807, 2.05) is 6.07 Å². The van der Waals surface area contributed by atoms with Crippen molar-refractivity contribution < 1.29 is 9.21 Å². The van der Waals surface area contributed by atoms with Crippen LogP contribution in [0.2, 0.25) is 0 Å². The molecule has 0 saturated carbocycles. The van der Waals surface area contributed by atoms with Gasteiger partial charge in [0, 0.05) is 0 Å². The van der Waals surface area contributed by atoms with Crippen LogP contribution in [0.5, 0.6) is 0 Å². The van der Waals surface area contributed by atoms with E-state index in [1.165, 1.54) is 19.6 Å². The molecule has 0 unspecified atom stereocenters. The first-order chi connectivity index (χ1) is 10.1. The Labute approximate surface area is 118 Å². The van der Waals surface area contributed by atoms with E-state index < -0.39 is 0 Å². The molecule has 0 aliphatic heterocycles. The summed E-state index contributed by atoms with van der Waals surface area (Å²) < 4.78 is 5.48. The topological polar surface area (TPSA) is 120 Å². The average molecular weight is 282 g/mol. The molecular weight excluding hydrogens is 272 g/mol. The number of anilines is 2. The van der Waals surface area contributed by atoms with Gasteiger partial charge in [-0.1, -0.05) is 0 Å². The number of nitriles is 1. The summed E-state index contributed by atoms with van der Waals surface area (Å²) >= 11 is 0. The van der Waals surface area contributed by atoms with E-state index in [2.05, 4.69) is 25.3 Å². The minimum absolute atomic E-state index is 0.159. The Morgan fingerprint density at radius 3 is 2.95 bits per heavy atom.